The zero-order valence-electron chi connectivity index (χ0n) is 11.4. The van der Waals surface area contributed by atoms with E-state index in [0.29, 0.717) is 6.54 Å². The van der Waals surface area contributed by atoms with E-state index in [9.17, 15) is 5.11 Å². The normalized spacial score (nSPS) is 17.6. The molecule has 1 aromatic carbocycles. The molecule has 0 saturated heterocycles. The molecule has 0 heterocycles. The van der Waals surface area contributed by atoms with Crippen molar-refractivity contribution in [3.63, 3.8) is 0 Å². The molecule has 1 aliphatic carbocycles. The number of benzene rings is 1. The fourth-order valence-corrected chi connectivity index (χ4v) is 2.25. The van der Waals surface area contributed by atoms with Crippen LogP contribution >= 0.6 is 0 Å². The number of ether oxygens (including phenoxy) is 1. The molecule has 1 unspecified atom stereocenters. The van der Waals surface area contributed by atoms with Gasteiger partial charge < -0.3 is 15.2 Å². The van der Waals surface area contributed by atoms with Crippen LogP contribution in [0.1, 0.15) is 38.4 Å². The molecule has 3 heteroatoms. The molecule has 1 atom stereocenters. The van der Waals surface area contributed by atoms with E-state index in [-0.39, 0.29) is 5.54 Å². The summed E-state index contributed by atoms with van der Waals surface area (Å²) in [5.41, 5.74) is 1.06. The number of nitrogens with one attached hydrogen (secondary N) is 1. The molecule has 18 heavy (non-hydrogen) atoms. The van der Waals surface area contributed by atoms with Crippen LogP contribution in [-0.2, 0) is 0 Å². The van der Waals surface area contributed by atoms with Crippen molar-refractivity contribution in [2.45, 2.75) is 38.3 Å². The van der Waals surface area contributed by atoms with Crippen LogP contribution in [0.15, 0.2) is 24.3 Å². The Morgan fingerprint density at radius 3 is 2.44 bits per heavy atom. The van der Waals surface area contributed by atoms with Crippen LogP contribution in [0.3, 0.4) is 0 Å². The molecule has 0 spiro atoms. The Labute approximate surface area is 109 Å². The van der Waals surface area contributed by atoms with E-state index in [4.69, 9.17) is 4.74 Å². The lowest BCUT2D eigenvalue weighted by Crippen LogP contribution is -2.43. The maximum atomic E-state index is 10.1. The van der Waals surface area contributed by atoms with E-state index in [0.717, 1.165) is 17.2 Å². The second kappa shape index (κ2) is 5.29. The van der Waals surface area contributed by atoms with E-state index >= 15 is 0 Å². The Bertz CT molecular complexity index is 382. The van der Waals surface area contributed by atoms with Crippen LogP contribution in [0, 0.1) is 5.92 Å². The summed E-state index contributed by atoms with van der Waals surface area (Å²) in [7, 11) is 1.64. The van der Waals surface area contributed by atoms with Gasteiger partial charge in [-0.15, -0.1) is 0 Å². The molecule has 0 aliphatic heterocycles. The zero-order chi connectivity index (χ0) is 13.2. The Kier molecular flexibility index (Phi) is 3.93. The molecule has 1 saturated carbocycles. The molecular formula is C15H23NO2. The number of β-amino-alcohol motifs (C(OH)–C–C–N with tert-alkyl or cyclic N) is 1. The minimum Gasteiger partial charge on any atom is -0.497 e. The SMILES string of the molecule is COc1ccc(C(O)CNC(C)(C)C2CC2)cc1. The number of rotatable bonds is 6. The Morgan fingerprint density at radius 2 is 1.94 bits per heavy atom. The van der Waals surface area contributed by atoms with Gasteiger partial charge in [0.2, 0.25) is 0 Å². The Hall–Kier alpha value is -1.06. The number of methoxy groups -OCH3 is 1. The van der Waals surface area contributed by atoms with Crippen molar-refractivity contribution in [1.29, 1.82) is 0 Å². The Morgan fingerprint density at radius 1 is 1.33 bits per heavy atom. The van der Waals surface area contributed by atoms with E-state index in [1.54, 1.807) is 7.11 Å². The molecule has 1 fully saturated rings. The summed E-state index contributed by atoms with van der Waals surface area (Å²) in [6.45, 7) is 5.02. The molecule has 1 aliphatic rings. The first-order chi connectivity index (χ1) is 8.53. The predicted octanol–water partition coefficient (Wildman–Crippen LogP) is 2.51. The van der Waals surface area contributed by atoms with Crippen LogP contribution in [0.4, 0.5) is 0 Å². The molecule has 0 bridgehead atoms. The van der Waals surface area contributed by atoms with Gasteiger partial charge in [-0.25, -0.2) is 0 Å². The molecule has 1 aromatic rings. The number of aliphatic hydroxyl groups excluding tert-OH is 1. The van der Waals surface area contributed by atoms with E-state index < -0.39 is 6.10 Å². The second-order valence-electron chi connectivity index (χ2n) is 5.67. The monoisotopic (exact) mass is 249 g/mol. The molecule has 2 rings (SSSR count). The fraction of sp³-hybridized carbons (Fsp3) is 0.600. The quantitative estimate of drug-likeness (QED) is 0.814. The van der Waals surface area contributed by atoms with Crippen LogP contribution in [-0.4, -0.2) is 24.3 Å². The van der Waals surface area contributed by atoms with Gasteiger partial charge in [0, 0.05) is 12.1 Å². The highest BCUT2D eigenvalue weighted by Crippen LogP contribution is 2.39. The third kappa shape index (κ3) is 3.24. The van der Waals surface area contributed by atoms with Crippen molar-refractivity contribution in [3.8, 4) is 5.75 Å². The second-order valence-corrected chi connectivity index (χ2v) is 5.67. The van der Waals surface area contributed by atoms with Crippen LogP contribution in [0.25, 0.3) is 0 Å². The average Bonchev–Trinajstić information content (AvgIpc) is 3.21. The van der Waals surface area contributed by atoms with Gasteiger partial charge in [0.15, 0.2) is 0 Å². The van der Waals surface area contributed by atoms with Gasteiger partial charge in [0.25, 0.3) is 0 Å². The van der Waals surface area contributed by atoms with Crippen molar-refractivity contribution in [2.24, 2.45) is 5.92 Å². The first-order valence-corrected chi connectivity index (χ1v) is 6.60. The molecule has 0 amide bonds. The van der Waals surface area contributed by atoms with Crippen molar-refractivity contribution in [3.05, 3.63) is 29.8 Å². The van der Waals surface area contributed by atoms with Crippen molar-refractivity contribution in [1.82, 2.24) is 5.32 Å². The summed E-state index contributed by atoms with van der Waals surface area (Å²) in [6.07, 6.45) is 2.14. The van der Waals surface area contributed by atoms with Gasteiger partial charge in [0.1, 0.15) is 5.75 Å². The minimum atomic E-state index is -0.464. The molecule has 2 N–H and O–H groups in total. The first-order valence-electron chi connectivity index (χ1n) is 6.60. The molecule has 0 radical (unpaired) electrons. The average molecular weight is 249 g/mol. The molecule has 100 valence electrons. The largest absolute Gasteiger partial charge is 0.497 e. The first kappa shape index (κ1) is 13.4. The van der Waals surface area contributed by atoms with E-state index in [1.807, 2.05) is 24.3 Å². The van der Waals surface area contributed by atoms with Crippen molar-refractivity contribution in [2.75, 3.05) is 13.7 Å². The summed E-state index contributed by atoms with van der Waals surface area (Å²) in [4.78, 5) is 0. The lowest BCUT2D eigenvalue weighted by atomic mass is 9.98. The number of aliphatic hydroxyl groups is 1. The lowest BCUT2D eigenvalue weighted by molar-refractivity contribution is 0.157. The highest BCUT2D eigenvalue weighted by Gasteiger charge is 2.37. The van der Waals surface area contributed by atoms with Gasteiger partial charge in [-0.2, -0.15) is 0 Å². The minimum absolute atomic E-state index is 0.132. The highest BCUT2D eigenvalue weighted by molar-refractivity contribution is 5.28. The maximum Gasteiger partial charge on any atom is 0.118 e. The van der Waals surface area contributed by atoms with Crippen molar-refractivity contribution < 1.29 is 9.84 Å². The third-order valence-electron chi connectivity index (χ3n) is 3.85. The summed E-state index contributed by atoms with van der Waals surface area (Å²) in [5.74, 6) is 1.58. The summed E-state index contributed by atoms with van der Waals surface area (Å²) in [6, 6.07) is 7.58. The van der Waals surface area contributed by atoms with Gasteiger partial charge in [-0.1, -0.05) is 12.1 Å². The smallest absolute Gasteiger partial charge is 0.118 e. The highest BCUT2D eigenvalue weighted by atomic mass is 16.5. The molecule has 3 nitrogen and oxygen atoms in total. The summed E-state index contributed by atoms with van der Waals surface area (Å²) >= 11 is 0. The van der Waals surface area contributed by atoms with Crippen molar-refractivity contribution >= 4 is 0 Å². The molecule has 0 aromatic heterocycles. The number of hydrogen-bond acceptors (Lipinski definition) is 3. The van der Waals surface area contributed by atoms with E-state index in [1.165, 1.54) is 12.8 Å². The van der Waals surface area contributed by atoms with Gasteiger partial charge in [0.05, 0.1) is 13.2 Å². The van der Waals surface area contributed by atoms with Crippen LogP contribution < -0.4 is 10.1 Å². The van der Waals surface area contributed by atoms with Gasteiger partial charge >= 0.3 is 0 Å². The van der Waals surface area contributed by atoms with Gasteiger partial charge in [-0.05, 0) is 50.3 Å². The van der Waals surface area contributed by atoms with Gasteiger partial charge in [-0.3, -0.25) is 0 Å². The summed E-state index contributed by atoms with van der Waals surface area (Å²) in [5, 5.41) is 13.6. The zero-order valence-corrected chi connectivity index (χ0v) is 11.4. The topological polar surface area (TPSA) is 41.5 Å². The predicted molar refractivity (Wildman–Crippen MR) is 72.8 cm³/mol. The maximum absolute atomic E-state index is 10.1. The standard InChI is InChI=1S/C15H23NO2/c1-15(2,12-6-7-12)16-10-14(17)11-4-8-13(18-3)9-5-11/h4-5,8-9,12,14,16-17H,6-7,10H2,1-3H3. The summed E-state index contributed by atoms with van der Waals surface area (Å²) < 4.78 is 5.11. The van der Waals surface area contributed by atoms with Crippen LogP contribution in [0.5, 0.6) is 5.75 Å². The fourth-order valence-electron chi connectivity index (χ4n) is 2.25. The molecular weight excluding hydrogens is 226 g/mol. The van der Waals surface area contributed by atoms with Crippen LogP contribution in [0.2, 0.25) is 0 Å². The lowest BCUT2D eigenvalue weighted by Gasteiger charge is -2.28. The van der Waals surface area contributed by atoms with E-state index in [2.05, 4.69) is 19.2 Å². The third-order valence-corrected chi connectivity index (χ3v) is 3.85. The number of hydrogen-bond donors (Lipinski definition) is 2. The Balaban J connectivity index is 1.88.